The molecule has 6 rings (SSSR count). The number of carbonyl (C=O) groups excluding carboxylic acids is 5. The number of carboxylic acid groups (broad SMARTS) is 1. The van der Waals surface area contributed by atoms with Gasteiger partial charge >= 0.3 is 23.9 Å². The van der Waals surface area contributed by atoms with E-state index in [2.05, 4.69) is 26.1 Å². The van der Waals surface area contributed by atoms with E-state index in [1.54, 1.807) is 67.5 Å². The first-order valence-electron chi connectivity index (χ1n) is 18.0. The van der Waals surface area contributed by atoms with Crippen molar-refractivity contribution in [3.8, 4) is 22.3 Å². The highest BCUT2D eigenvalue weighted by Gasteiger charge is 2.36. The fourth-order valence-electron chi connectivity index (χ4n) is 6.22. The van der Waals surface area contributed by atoms with E-state index in [-0.39, 0.29) is 40.9 Å². The van der Waals surface area contributed by atoms with E-state index >= 15 is 0 Å². The number of amides is 2. The molecule has 58 heavy (non-hydrogen) atoms. The number of nitrogens with zero attached hydrogens (tertiary/aromatic N) is 3. The van der Waals surface area contributed by atoms with Crippen LogP contribution in [0, 0.1) is 13.8 Å². The maximum absolute atomic E-state index is 13.0. The standard InChI is InChI=1S/C21H24N4O6.C19H20N2O6/c1-10-17-13-7-6-12(20(28)31-25-11(2)22)8-14(13)19(27)23-15(18(17)30-24-10)9-16(26)29-21(3,4)5;1-9-15-11-6-5-10(18(24)25)7-12(11)17(23)20-13(16(15)27-21-9)8-14(22)26-19(2,3)4/h6-8,15H,9H2,1-5H3,(H2,22,25)(H,23,27);5-7,13H,8H2,1-4H3,(H,20,23)(H,24,25)/t15-;13-/m00/s1. The molecule has 2 aromatic heterocycles. The SMILES string of the molecule is CC(N)=NOC(=O)c1ccc2c(c1)C(=O)N[C@@H](CC(=O)OC(C)(C)C)c1onc(C)c1-2.Cc1noc2c1-c1ccc(C(=O)O)cc1C(=O)N[C@H]2CC(=O)OC(C)(C)C. The Balaban J connectivity index is 0.000000223. The van der Waals surface area contributed by atoms with E-state index < -0.39 is 59.0 Å². The second-order valence-corrected chi connectivity index (χ2v) is 15.6. The first kappa shape index (κ1) is 42.3. The monoisotopic (exact) mass is 800 g/mol. The minimum Gasteiger partial charge on any atom is -0.478 e. The number of carbonyl (C=O) groups is 6. The average molecular weight is 801 g/mol. The number of benzene rings is 2. The molecular weight excluding hydrogens is 756 g/mol. The number of esters is 2. The molecule has 2 aromatic carbocycles. The number of oxime groups is 1. The summed E-state index contributed by atoms with van der Waals surface area (Å²) in [6, 6.07) is 7.20. The molecule has 306 valence electrons. The highest BCUT2D eigenvalue weighted by molar-refractivity contribution is 6.06. The Morgan fingerprint density at radius 3 is 1.55 bits per heavy atom. The Morgan fingerprint density at radius 2 is 1.16 bits per heavy atom. The molecule has 0 saturated carbocycles. The minimum absolute atomic E-state index is 0.00912. The number of nitrogens with two attached hydrogens (primary N) is 1. The molecule has 0 spiro atoms. The highest BCUT2D eigenvalue weighted by Crippen LogP contribution is 2.40. The Kier molecular flexibility index (Phi) is 11.9. The lowest BCUT2D eigenvalue weighted by atomic mass is 9.95. The van der Waals surface area contributed by atoms with Crippen LogP contribution in [0.1, 0.15) is 138 Å². The summed E-state index contributed by atoms with van der Waals surface area (Å²) in [6.07, 6.45) is -0.275. The van der Waals surface area contributed by atoms with Gasteiger partial charge in [-0.05, 0) is 97.7 Å². The highest BCUT2D eigenvalue weighted by atomic mass is 16.7. The quantitative estimate of drug-likeness (QED) is 0.0593. The molecule has 2 aliphatic heterocycles. The van der Waals surface area contributed by atoms with Gasteiger partial charge in [0.1, 0.15) is 29.1 Å². The van der Waals surface area contributed by atoms with Gasteiger partial charge in [0, 0.05) is 11.1 Å². The zero-order valence-corrected chi connectivity index (χ0v) is 33.4. The first-order valence-corrected chi connectivity index (χ1v) is 18.0. The van der Waals surface area contributed by atoms with Crippen molar-refractivity contribution in [2.75, 3.05) is 0 Å². The molecule has 4 heterocycles. The summed E-state index contributed by atoms with van der Waals surface area (Å²) in [6.45, 7) is 15.5. The number of ether oxygens (including phenoxy) is 2. The van der Waals surface area contributed by atoms with Gasteiger partial charge in [-0.2, -0.15) is 0 Å². The maximum Gasteiger partial charge on any atom is 0.365 e. The number of amidine groups is 1. The Labute approximate surface area is 332 Å². The Morgan fingerprint density at radius 1 is 0.741 bits per heavy atom. The van der Waals surface area contributed by atoms with Crippen molar-refractivity contribution >= 4 is 41.5 Å². The third kappa shape index (κ3) is 9.74. The van der Waals surface area contributed by atoms with Gasteiger partial charge in [0.15, 0.2) is 11.5 Å². The number of aromatic carboxylic acids is 1. The van der Waals surface area contributed by atoms with Gasteiger partial charge in [0.05, 0.1) is 46.5 Å². The normalized spacial score (nSPS) is 16.0. The summed E-state index contributed by atoms with van der Waals surface area (Å²) in [7, 11) is 0. The van der Waals surface area contributed by atoms with Crippen molar-refractivity contribution in [1.82, 2.24) is 20.9 Å². The predicted octanol–water partition coefficient (Wildman–Crippen LogP) is 5.48. The number of fused-ring (bicyclic) bond motifs is 6. The van der Waals surface area contributed by atoms with Gasteiger partial charge in [-0.15, -0.1) is 0 Å². The fraction of sp³-hybridized carbons (Fsp3) is 0.375. The van der Waals surface area contributed by atoms with Crippen LogP contribution in [0.25, 0.3) is 22.3 Å². The number of aromatic nitrogens is 2. The van der Waals surface area contributed by atoms with E-state index in [1.807, 2.05) is 0 Å². The van der Waals surface area contributed by atoms with Crippen LogP contribution >= 0.6 is 0 Å². The molecule has 2 aliphatic rings. The van der Waals surface area contributed by atoms with Crippen molar-refractivity contribution < 1.29 is 57.2 Å². The zero-order chi connectivity index (χ0) is 42.9. The van der Waals surface area contributed by atoms with E-state index in [9.17, 15) is 33.9 Å². The van der Waals surface area contributed by atoms with Crippen LogP contribution in [-0.2, 0) is 23.9 Å². The Bertz CT molecular complexity index is 2340. The molecule has 0 unspecified atom stereocenters. The smallest absolute Gasteiger partial charge is 0.365 e. The van der Waals surface area contributed by atoms with Crippen molar-refractivity contribution in [1.29, 1.82) is 0 Å². The number of aryl methyl sites for hydroxylation is 2. The summed E-state index contributed by atoms with van der Waals surface area (Å²) < 4.78 is 21.6. The largest absolute Gasteiger partial charge is 0.478 e. The van der Waals surface area contributed by atoms with Crippen LogP contribution in [0.4, 0.5) is 0 Å². The summed E-state index contributed by atoms with van der Waals surface area (Å²) in [4.78, 5) is 78.6. The number of rotatable bonds is 7. The van der Waals surface area contributed by atoms with Crippen molar-refractivity contribution in [3.05, 3.63) is 81.6 Å². The summed E-state index contributed by atoms with van der Waals surface area (Å²) in [5.74, 6) is -3.11. The van der Waals surface area contributed by atoms with Gasteiger partial charge in [0.2, 0.25) is 0 Å². The molecule has 2 amide bonds. The van der Waals surface area contributed by atoms with E-state index in [1.165, 1.54) is 31.2 Å². The van der Waals surface area contributed by atoms with Gasteiger partial charge in [-0.1, -0.05) is 27.6 Å². The van der Waals surface area contributed by atoms with Gasteiger partial charge in [0.25, 0.3) is 11.8 Å². The molecule has 0 fully saturated rings. The fourth-order valence-corrected chi connectivity index (χ4v) is 6.22. The first-order chi connectivity index (χ1) is 27.0. The molecule has 0 aliphatic carbocycles. The van der Waals surface area contributed by atoms with Crippen LogP contribution in [0.15, 0.2) is 50.6 Å². The van der Waals surface area contributed by atoms with E-state index in [4.69, 9.17) is 29.1 Å². The van der Waals surface area contributed by atoms with Crippen molar-refractivity contribution in [3.63, 3.8) is 0 Å². The number of carboxylic acids is 1. The second-order valence-electron chi connectivity index (χ2n) is 15.6. The van der Waals surface area contributed by atoms with E-state index in [0.717, 1.165) is 0 Å². The molecule has 0 saturated heterocycles. The zero-order valence-electron chi connectivity index (χ0n) is 33.4. The maximum atomic E-state index is 13.0. The van der Waals surface area contributed by atoms with Gasteiger partial charge in [-0.3, -0.25) is 19.2 Å². The van der Waals surface area contributed by atoms with Gasteiger partial charge < -0.3 is 44.8 Å². The minimum atomic E-state index is -1.14. The average Bonchev–Trinajstić information content (AvgIpc) is 3.63. The third-order valence-electron chi connectivity index (χ3n) is 8.43. The molecule has 4 aromatic rings. The number of hydrogen-bond donors (Lipinski definition) is 4. The lowest BCUT2D eigenvalue weighted by molar-refractivity contribution is -0.156. The van der Waals surface area contributed by atoms with E-state index in [0.29, 0.717) is 45.2 Å². The van der Waals surface area contributed by atoms with Crippen LogP contribution in [0.2, 0.25) is 0 Å². The number of hydrogen-bond acceptors (Lipinski definition) is 14. The summed E-state index contributed by atoms with van der Waals surface area (Å²) in [5, 5.41) is 26.1. The lowest BCUT2D eigenvalue weighted by Crippen LogP contribution is -2.31. The van der Waals surface area contributed by atoms with Crippen LogP contribution in [0.5, 0.6) is 0 Å². The lowest BCUT2D eigenvalue weighted by Gasteiger charge is -2.21. The van der Waals surface area contributed by atoms with Crippen molar-refractivity contribution in [2.45, 2.75) is 98.4 Å². The predicted molar refractivity (Wildman–Crippen MR) is 204 cm³/mol. The molecule has 0 radical (unpaired) electrons. The van der Waals surface area contributed by atoms with Crippen LogP contribution in [0.3, 0.4) is 0 Å². The van der Waals surface area contributed by atoms with Gasteiger partial charge in [-0.25, -0.2) is 9.59 Å². The summed E-state index contributed by atoms with van der Waals surface area (Å²) in [5.41, 5.74) is 7.82. The van der Waals surface area contributed by atoms with Crippen molar-refractivity contribution in [2.24, 2.45) is 10.9 Å². The Hall–Kier alpha value is -6.85. The molecule has 5 N–H and O–H groups in total. The molecule has 18 heteroatoms. The molecule has 18 nitrogen and oxygen atoms in total. The third-order valence-corrected chi connectivity index (χ3v) is 8.43. The molecular formula is C40H44N6O12. The second kappa shape index (κ2) is 16.3. The van der Waals surface area contributed by atoms with Crippen LogP contribution < -0.4 is 16.4 Å². The summed E-state index contributed by atoms with van der Waals surface area (Å²) >= 11 is 0. The number of nitrogens with one attached hydrogen (secondary N) is 2. The topological polar surface area (TPSA) is 265 Å². The van der Waals surface area contributed by atoms with Crippen LogP contribution in [-0.4, -0.2) is 68.1 Å². The molecule has 0 bridgehead atoms. The molecule has 2 atom stereocenters.